The Hall–Kier alpha value is -1.40. The number of carbonyl (C=O) groups excluding carboxylic acids is 1. The lowest BCUT2D eigenvalue weighted by atomic mass is 9.89. The van der Waals surface area contributed by atoms with Crippen molar-refractivity contribution < 1.29 is 9.18 Å². The quantitative estimate of drug-likeness (QED) is 0.758. The Morgan fingerprint density at radius 1 is 1.50 bits per heavy atom. The molecule has 0 saturated carbocycles. The average Bonchev–Trinajstić information content (AvgIpc) is 2.22. The highest BCUT2D eigenvalue weighted by Crippen LogP contribution is 2.23. The van der Waals surface area contributed by atoms with E-state index in [-0.39, 0.29) is 16.5 Å². The lowest BCUT2D eigenvalue weighted by Gasteiger charge is -2.12. The van der Waals surface area contributed by atoms with E-state index in [4.69, 9.17) is 16.9 Å². The van der Waals surface area contributed by atoms with Gasteiger partial charge in [0.15, 0.2) is 11.6 Å². The van der Waals surface area contributed by atoms with Crippen molar-refractivity contribution in [3.8, 4) is 6.07 Å². The fraction of sp³-hybridized carbons (Fsp3) is 0.333. The van der Waals surface area contributed by atoms with Gasteiger partial charge in [0.2, 0.25) is 0 Å². The van der Waals surface area contributed by atoms with Gasteiger partial charge in [-0.05, 0) is 18.1 Å². The Morgan fingerprint density at radius 3 is 2.62 bits per heavy atom. The molecular weight excluding hydrogens is 229 g/mol. The third-order valence-electron chi connectivity index (χ3n) is 2.31. The summed E-state index contributed by atoms with van der Waals surface area (Å²) in [4.78, 5) is 11.9. The van der Waals surface area contributed by atoms with E-state index in [0.717, 1.165) is 0 Å². The van der Waals surface area contributed by atoms with Crippen molar-refractivity contribution in [2.45, 2.75) is 13.8 Å². The number of nitriles is 1. The molecule has 1 unspecified atom stereocenters. The molecule has 4 heteroatoms. The van der Waals surface area contributed by atoms with Crippen molar-refractivity contribution in [1.82, 2.24) is 0 Å². The third kappa shape index (κ3) is 2.40. The largest absolute Gasteiger partial charge is 0.293 e. The predicted octanol–water partition coefficient (Wildman–Crippen LogP) is 3.46. The van der Waals surface area contributed by atoms with Gasteiger partial charge in [-0.2, -0.15) is 5.26 Å². The number of halogens is 2. The Balaban J connectivity index is 3.15. The molecule has 0 saturated heterocycles. The van der Waals surface area contributed by atoms with Crippen LogP contribution < -0.4 is 0 Å². The van der Waals surface area contributed by atoms with E-state index >= 15 is 0 Å². The van der Waals surface area contributed by atoms with Gasteiger partial charge in [-0.15, -0.1) is 0 Å². The molecule has 0 fully saturated rings. The van der Waals surface area contributed by atoms with E-state index in [0.29, 0.717) is 0 Å². The van der Waals surface area contributed by atoms with Gasteiger partial charge >= 0.3 is 0 Å². The zero-order valence-electron chi connectivity index (χ0n) is 9.00. The van der Waals surface area contributed by atoms with E-state index in [1.165, 1.54) is 18.2 Å². The molecule has 0 amide bonds. The first-order chi connectivity index (χ1) is 7.49. The molecule has 0 aliphatic heterocycles. The summed E-state index contributed by atoms with van der Waals surface area (Å²) in [6.45, 7) is 3.49. The summed E-state index contributed by atoms with van der Waals surface area (Å²) in [5.41, 5.74) is -0.118. The minimum atomic E-state index is -0.840. The molecular formula is C12H11ClFNO. The molecule has 0 aliphatic carbocycles. The van der Waals surface area contributed by atoms with Gasteiger partial charge in [-0.25, -0.2) is 4.39 Å². The van der Waals surface area contributed by atoms with Gasteiger partial charge in [0, 0.05) is 0 Å². The summed E-state index contributed by atoms with van der Waals surface area (Å²) in [7, 11) is 0. The number of rotatable bonds is 3. The molecule has 1 aromatic carbocycles. The summed E-state index contributed by atoms with van der Waals surface area (Å²) in [5.74, 6) is -2.27. The number of benzene rings is 1. The summed E-state index contributed by atoms with van der Waals surface area (Å²) >= 11 is 5.58. The highest BCUT2D eigenvalue weighted by atomic mass is 35.5. The summed E-state index contributed by atoms with van der Waals surface area (Å²) in [6, 6.07) is 6.09. The lowest BCUT2D eigenvalue weighted by Crippen LogP contribution is -2.19. The molecule has 0 heterocycles. The van der Waals surface area contributed by atoms with E-state index in [1.807, 2.05) is 6.07 Å². The van der Waals surface area contributed by atoms with Gasteiger partial charge in [0.1, 0.15) is 5.92 Å². The second-order valence-electron chi connectivity index (χ2n) is 3.82. The Bertz CT molecular complexity index is 451. The van der Waals surface area contributed by atoms with E-state index in [1.54, 1.807) is 13.8 Å². The molecule has 0 aromatic heterocycles. The van der Waals surface area contributed by atoms with Crippen LogP contribution in [0.15, 0.2) is 18.2 Å². The van der Waals surface area contributed by atoms with Crippen LogP contribution in [0, 0.1) is 29.0 Å². The third-order valence-corrected chi connectivity index (χ3v) is 2.60. The Morgan fingerprint density at radius 2 is 2.12 bits per heavy atom. The topological polar surface area (TPSA) is 40.9 Å². The van der Waals surface area contributed by atoms with Crippen LogP contribution in [0.4, 0.5) is 4.39 Å². The molecule has 1 aromatic rings. The zero-order valence-corrected chi connectivity index (χ0v) is 9.75. The molecule has 0 spiro atoms. The van der Waals surface area contributed by atoms with Crippen LogP contribution in [0.5, 0.6) is 0 Å². The first-order valence-electron chi connectivity index (χ1n) is 4.87. The molecule has 1 atom stereocenters. The summed E-state index contributed by atoms with van der Waals surface area (Å²) in [5, 5.41) is 8.76. The highest BCUT2D eigenvalue weighted by molar-refractivity contribution is 6.31. The van der Waals surface area contributed by atoms with Crippen molar-refractivity contribution in [3.63, 3.8) is 0 Å². The fourth-order valence-corrected chi connectivity index (χ4v) is 1.55. The monoisotopic (exact) mass is 239 g/mol. The number of carbonyl (C=O) groups is 1. The van der Waals surface area contributed by atoms with Gasteiger partial charge < -0.3 is 0 Å². The molecule has 16 heavy (non-hydrogen) atoms. The summed E-state index contributed by atoms with van der Waals surface area (Å²) in [6.07, 6.45) is 0. The van der Waals surface area contributed by atoms with Crippen LogP contribution in [0.1, 0.15) is 24.2 Å². The Labute approximate surface area is 98.6 Å². The lowest BCUT2D eigenvalue weighted by molar-refractivity contribution is 0.0920. The first-order valence-corrected chi connectivity index (χ1v) is 5.24. The molecule has 84 valence electrons. The average molecular weight is 240 g/mol. The smallest absolute Gasteiger partial charge is 0.183 e. The molecule has 2 nitrogen and oxygen atoms in total. The van der Waals surface area contributed by atoms with E-state index in [9.17, 15) is 9.18 Å². The van der Waals surface area contributed by atoms with E-state index in [2.05, 4.69) is 0 Å². The van der Waals surface area contributed by atoms with Crippen LogP contribution in [0.2, 0.25) is 5.02 Å². The van der Waals surface area contributed by atoms with Gasteiger partial charge in [-0.3, -0.25) is 4.79 Å². The van der Waals surface area contributed by atoms with Crippen LogP contribution in [0.3, 0.4) is 0 Å². The maximum Gasteiger partial charge on any atom is 0.183 e. The summed E-state index contributed by atoms with van der Waals surface area (Å²) < 4.78 is 13.5. The van der Waals surface area contributed by atoms with Crippen LogP contribution >= 0.6 is 11.6 Å². The standard InChI is InChI=1S/C12H11ClFNO/c1-7(2)9(6-15)12(16)8-4-3-5-10(13)11(8)14/h3-5,7,9H,1-2H3. The maximum absolute atomic E-state index is 13.5. The molecule has 0 aliphatic rings. The predicted molar refractivity (Wildman–Crippen MR) is 59.7 cm³/mol. The minimum absolute atomic E-state index is 0.105. The molecule has 0 bridgehead atoms. The van der Waals surface area contributed by atoms with Crippen LogP contribution in [-0.4, -0.2) is 5.78 Å². The van der Waals surface area contributed by atoms with Crippen molar-refractivity contribution in [1.29, 1.82) is 5.26 Å². The van der Waals surface area contributed by atoms with E-state index < -0.39 is 17.5 Å². The van der Waals surface area contributed by atoms with Crippen molar-refractivity contribution in [2.24, 2.45) is 11.8 Å². The van der Waals surface area contributed by atoms with Gasteiger partial charge in [0.05, 0.1) is 16.7 Å². The van der Waals surface area contributed by atoms with Crippen molar-refractivity contribution >= 4 is 17.4 Å². The van der Waals surface area contributed by atoms with Crippen molar-refractivity contribution in [2.75, 3.05) is 0 Å². The maximum atomic E-state index is 13.5. The number of hydrogen-bond acceptors (Lipinski definition) is 2. The van der Waals surface area contributed by atoms with Crippen molar-refractivity contribution in [3.05, 3.63) is 34.6 Å². The fourth-order valence-electron chi connectivity index (χ4n) is 1.37. The number of Topliss-reactive ketones (excluding diaryl/α,β-unsaturated/α-hetero) is 1. The molecule has 0 radical (unpaired) electrons. The second-order valence-corrected chi connectivity index (χ2v) is 4.22. The number of nitrogens with zero attached hydrogens (tertiary/aromatic N) is 1. The SMILES string of the molecule is CC(C)C(C#N)C(=O)c1cccc(Cl)c1F. The minimum Gasteiger partial charge on any atom is -0.293 e. The highest BCUT2D eigenvalue weighted by Gasteiger charge is 2.25. The number of hydrogen-bond donors (Lipinski definition) is 0. The molecule has 1 rings (SSSR count). The zero-order chi connectivity index (χ0) is 12.3. The normalized spacial score (nSPS) is 12.2. The molecule has 0 N–H and O–H groups in total. The first kappa shape index (κ1) is 12.7. The van der Waals surface area contributed by atoms with Crippen LogP contribution in [-0.2, 0) is 0 Å². The van der Waals surface area contributed by atoms with Crippen LogP contribution in [0.25, 0.3) is 0 Å². The van der Waals surface area contributed by atoms with Gasteiger partial charge in [0.25, 0.3) is 0 Å². The van der Waals surface area contributed by atoms with Gasteiger partial charge in [-0.1, -0.05) is 31.5 Å². The second kappa shape index (κ2) is 5.09. The number of ketones is 1. The Kier molecular flexibility index (Phi) is 4.03.